The van der Waals surface area contributed by atoms with Crippen molar-refractivity contribution in [3.05, 3.63) is 0 Å². The van der Waals surface area contributed by atoms with Crippen molar-refractivity contribution in [3.63, 3.8) is 0 Å². The van der Waals surface area contributed by atoms with Gasteiger partial charge in [0.2, 0.25) is 0 Å². The molecule has 1 aliphatic heterocycles. The molecule has 11 heavy (non-hydrogen) atoms. The van der Waals surface area contributed by atoms with E-state index in [9.17, 15) is 0 Å². The molecule has 0 aromatic carbocycles. The zero-order chi connectivity index (χ0) is 8.27. The van der Waals surface area contributed by atoms with E-state index in [1.807, 2.05) is 6.92 Å². The summed E-state index contributed by atoms with van der Waals surface area (Å²) in [6.45, 7) is 6.54. The summed E-state index contributed by atoms with van der Waals surface area (Å²) >= 11 is 0. The third-order valence-corrected chi connectivity index (χ3v) is 2.58. The molecule has 0 amide bonds. The second kappa shape index (κ2) is 4.04. The summed E-state index contributed by atoms with van der Waals surface area (Å²) in [4.78, 5) is 7.25. The fourth-order valence-electron chi connectivity index (χ4n) is 1.87. The maximum atomic E-state index is 5.14. The second-order valence-electron chi connectivity index (χ2n) is 3.18. The van der Waals surface area contributed by atoms with Crippen LogP contribution in [-0.4, -0.2) is 30.1 Å². The Morgan fingerprint density at radius 3 is 3.00 bits per heavy atom. The molecule has 1 rings (SSSR count). The minimum atomic E-state index is 0.178. The predicted molar refractivity (Wildman–Crippen MR) is 45.0 cm³/mol. The summed E-state index contributed by atoms with van der Waals surface area (Å²) in [7, 11) is 0. The molecule has 66 valence electrons. The first-order valence-electron chi connectivity index (χ1n) is 4.39. The molecule has 1 aliphatic rings. The van der Waals surface area contributed by atoms with Crippen LogP contribution in [0.1, 0.15) is 26.7 Å². The number of nitrogens with two attached hydrogens (primary N) is 1. The fourth-order valence-corrected chi connectivity index (χ4v) is 1.87. The summed E-state index contributed by atoms with van der Waals surface area (Å²) in [6.07, 6.45) is 2.69. The van der Waals surface area contributed by atoms with Crippen LogP contribution in [-0.2, 0) is 4.84 Å². The molecule has 1 unspecified atom stereocenters. The van der Waals surface area contributed by atoms with Crippen LogP contribution in [0.5, 0.6) is 0 Å². The van der Waals surface area contributed by atoms with Crippen molar-refractivity contribution in [2.24, 2.45) is 5.90 Å². The Morgan fingerprint density at radius 1 is 1.73 bits per heavy atom. The van der Waals surface area contributed by atoms with Crippen LogP contribution in [0.3, 0.4) is 0 Å². The van der Waals surface area contributed by atoms with Gasteiger partial charge in [-0.25, -0.2) is 5.90 Å². The lowest BCUT2D eigenvalue weighted by molar-refractivity contribution is 0.0103. The highest BCUT2D eigenvalue weighted by molar-refractivity contribution is 4.82. The molecule has 0 aromatic heterocycles. The average molecular weight is 158 g/mol. The van der Waals surface area contributed by atoms with Crippen LogP contribution < -0.4 is 5.90 Å². The first-order valence-corrected chi connectivity index (χ1v) is 4.39. The molecule has 1 saturated heterocycles. The highest BCUT2D eigenvalue weighted by Gasteiger charge is 2.27. The number of likely N-dealkylation sites (tertiary alicyclic amines) is 1. The van der Waals surface area contributed by atoms with Crippen LogP contribution in [0.15, 0.2) is 0 Å². The molecule has 0 aliphatic carbocycles. The van der Waals surface area contributed by atoms with Gasteiger partial charge in [0.25, 0.3) is 0 Å². The van der Waals surface area contributed by atoms with Gasteiger partial charge in [0, 0.05) is 6.04 Å². The van der Waals surface area contributed by atoms with Crippen molar-refractivity contribution in [2.45, 2.75) is 38.8 Å². The number of hydrogen-bond donors (Lipinski definition) is 1. The van der Waals surface area contributed by atoms with E-state index in [1.54, 1.807) is 0 Å². The maximum Gasteiger partial charge on any atom is 0.0914 e. The lowest BCUT2D eigenvalue weighted by Crippen LogP contribution is -2.39. The standard InChI is InChI=1S/C8H18N2O/c1-3-10-6-4-5-8(10)7(2)11-9/h7-8H,3-6,9H2,1-2H3/t7-,8?/m1/s1. The quantitative estimate of drug-likeness (QED) is 0.616. The monoisotopic (exact) mass is 158 g/mol. The SMILES string of the molecule is CCN1CCCC1[C@@H](C)ON. The van der Waals surface area contributed by atoms with Crippen molar-refractivity contribution in [2.75, 3.05) is 13.1 Å². The van der Waals surface area contributed by atoms with Crippen LogP contribution in [0.25, 0.3) is 0 Å². The maximum absolute atomic E-state index is 5.14. The number of likely N-dealkylation sites (N-methyl/N-ethyl adjacent to an activating group) is 1. The van der Waals surface area contributed by atoms with E-state index in [0.29, 0.717) is 6.04 Å². The first-order chi connectivity index (χ1) is 5.29. The van der Waals surface area contributed by atoms with E-state index in [-0.39, 0.29) is 6.10 Å². The molecule has 0 spiro atoms. The first kappa shape index (κ1) is 8.97. The van der Waals surface area contributed by atoms with Gasteiger partial charge < -0.3 is 0 Å². The molecule has 3 nitrogen and oxygen atoms in total. The highest BCUT2D eigenvalue weighted by atomic mass is 16.6. The van der Waals surface area contributed by atoms with Crippen LogP contribution in [0, 0.1) is 0 Å². The van der Waals surface area contributed by atoms with Gasteiger partial charge in [0.1, 0.15) is 0 Å². The minimum Gasteiger partial charge on any atom is -0.300 e. The van der Waals surface area contributed by atoms with E-state index in [1.165, 1.54) is 19.4 Å². The van der Waals surface area contributed by atoms with Gasteiger partial charge in [-0.15, -0.1) is 0 Å². The van der Waals surface area contributed by atoms with Crippen LogP contribution >= 0.6 is 0 Å². The average Bonchev–Trinajstić information content (AvgIpc) is 2.50. The van der Waals surface area contributed by atoms with Crippen molar-refractivity contribution in [1.29, 1.82) is 0 Å². The number of hydrogen-bond acceptors (Lipinski definition) is 3. The summed E-state index contributed by atoms with van der Waals surface area (Å²) in [5, 5.41) is 0. The van der Waals surface area contributed by atoms with Gasteiger partial charge in [0.05, 0.1) is 6.10 Å². The van der Waals surface area contributed by atoms with Crippen molar-refractivity contribution >= 4 is 0 Å². The van der Waals surface area contributed by atoms with Crippen molar-refractivity contribution in [1.82, 2.24) is 4.90 Å². The zero-order valence-corrected chi connectivity index (χ0v) is 7.42. The van der Waals surface area contributed by atoms with E-state index < -0.39 is 0 Å². The summed E-state index contributed by atoms with van der Waals surface area (Å²) in [5.74, 6) is 5.14. The molecule has 3 heteroatoms. The van der Waals surface area contributed by atoms with Gasteiger partial charge in [-0.1, -0.05) is 6.92 Å². The van der Waals surface area contributed by atoms with Crippen LogP contribution in [0.2, 0.25) is 0 Å². The van der Waals surface area contributed by atoms with Gasteiger partial charge >= 0.3 is 0 Å². The molecule has 0 saturated carbocycles. The van der Waals surface area contributed by atoms with E-state index in [0.717, 1.165) is 6.54 Å². The van der Waals surface area contributed by atoms with Crippen molar-refractivity contribution in [3.8, 4) is 0 Å². The molecule has 1 heterocycles. The smallest absolute Gasteiger partial charge is 0.0914 e. The molecule has 0 aromatic rings. The van der Waals surface area contributed by atoms with E-state index >= 15 is 0 Å². The van der Waals surface area contributed by atoms with Gasteiger partial charge in [-0.3, -0.25) is 9.74 Å². The Balaban J connectivity index is 2.42. The molecular formula is C8H18N2O. The molecule has 0 radical (unpaired) electrons. The molecule has 2 N–H and O–H groups in total. The van der Waals surface area contributed by atoms with E-state index in [4.69, 9.17) is 10.7 Å². The van der Waals surface area contributed by atoms with Gasteiger partial charge in [0.15, 0.2) is 0 Å². The fraction of sp³-hybridized carbons (Fsp3) is 1.00. The minimum absolute atomic E-state index is 0.178. The van der Waals surface area contributed by atoms with Gasteiger partial charge in [-0.05, 0) is 32.9 Å². The zero-order valence-electron chi connectivity index (χ0n) is 7.42. The molecule has 0 bridgehead atoms. The number of nitrogens with zero attached hydrogens (tertiary/aromatic N) is 1. The van der Waals surface area contributed by atoms with Crippen molar-refractivity contribution < 1.29 is 4.84 Å². The molecule has 1 fully saturated rings. The largest absolute Gasteiger partial charge is 0.300 e. The number of rotatable bonds is 3. The Bertz CT molecular complexity index is 119. The Labute approximate surface area is 68.5 Å². The topological polar surface area (TPSA) is 38.5 Å². The Hall–Kier alpha value is -0.120. The lowest BCUT2D eigenvalue weighted by atomic mass is 10.1. The van der Waals surface area contributed by atoms with Gasteiger partial charge in [-0.2, -0.15) is 0 Å². The van der Waals surface area contributed by atoms with Crippen LogP contribution in [0.4, 0.5) is 0 Å². The summed E-state index contributed by atoms with van der Waals surface area (Å²) in [5.41, 5.74) is 0. The Morgan fingerprint density at radius 2 is 2.45 bits per heavy atom. The highest BCUT2D eigenvalue weighted by Crippen LogP contribution is 2.20. The Kier molecular flexibility index (Phi) is 3.30. The second-order valence-corrected chi connectivity index (χ2v) is 3.18. The van der Waals surface area contributed by atoms with E-state index in [2.05, 4.69) is 11.8 Å². The summed E-state index contributed by atoms with van der Waals surface area (Å²) < 4.78 is 0. The molecule has 2 atom stereocenters. The molecular weight excluding hydrogens is 140 g/mol. The lowest BCUT2D eigenvalue weighted by Gasteiger charge is -2.26. The summed E-state index contributed by atoms with van der Waals surface area (Å²) in [6, 6.07) is 0.546. The normalized spacial score (nSPS) is 29.2. The third-order valence-electron chi connectivity index (χ3n) is 2.58. The predicted octanol–water partition coefficient (Wildman–Crippen LogP) is 0.749. The third kappa shape index (κ3) is 1.92.